The number of carbonyl (C=O) groups is 2. The number of fused-ring (bicyclic) bond motifs is 1. The Morgan fingerprint density at radius 3 is 2.35 bits per heavy atom. The molecule has 0 N–H and O–H groups in total. The third-order valence-electron chi connectivity index (χ3n) is 7.51. The first-order valence-corrected chi connectivity index (χ1v) is 15.5. The highest BCUT2D eigenvalue weighted by Crippen LogP contribution is 2.30. The summed E-state index contributed by atoms with van der Waals surface area (Å²) >= 11 is 9.48. The second-order valence-corrected chi connectivity index (χ2v) is 11.9. The van der Waals surface area contributed by atoms with Crippen LogP contribution in [0.2, 0.25) is 5.02 Å². The molecule has 5 rings (SSSR count). The number of nitrogens with zero attached hydrogens (tertiary/aromatic N) is 3. The lowest BCUT2D eigenvalue weighted by Crippen LogP contribution is -2.41. The van der Waals surface area contributed by atoms with E-state index in [1.807, 2.05) is 0 Å². The number of carbonyl (C=O) groups excluding carboxylic acids is 2. The molecular formula is C32H26BrClF5N3O6. The maximum Gasteiger partial charge on any atom is 0.422 e. The third-order valence-corrected chi connectivity index (χ3v) is 8.74. The van der Waals surface area contributed by atoms with Crippen molar-refractivity contribution < 1.29 is 45.8 Å². The number of amides is 1. The van der Waals surface area contributed by atoms with E-state index in [9.17, 15) is 36.3 Å². The maximum absolute atomic E-state index is 14.0. The number of halogens is 7. The van der Waals surface area contributed by atoms with Crippen molar-refractivity contribution in [2.24, 2.45) is 0 Å². The van der Waals surface area contributed by atoms with Crippen LogP contribution in [0.4, 0.5) is 22.0 Å². The zero-order chi connectivity index (χ0) is 34.7. The number of methoxy groups -OCH3 is 1. The number of imidazole rings is 1. The Kier molecular flexibility index (Phi) is 10.5. The Morgan fingerprint density at radius 2 is 1.71 bits per heavy atom. The summed E-state index contributed by atoms with van der Waals surface area (Å²) in [4.78, 5) is 42.7. The van der Waals surface area contributed by atoms with Crippen molar-refractivity contribution in [3.05, 3.63) is 103 Å². The van der Waals surface area contributed by atoms with Crippen LogP contribution in [0.1, 0.15) is 38.5 Å². The first-order chi connectivity index (χ1) is 22.8. The van der Waals surface area contributed by atoms with Crippen LogP contribution in [0.5, 0.6) is 17.2 Å². The van der Waals surface area contributed by atoms with Crippen molar-refractivity contribution >= 4 is 39.2 Å². The van der Waals surface area contributed by atoms with Crippen molar-refractivity contribution in [1.82, 2.24) is 14.0 Å². The minimum Gasteiger partial charge on any atom is -0.497 e. The highest BCUT2D eigenvalue weighted by molar-refractivity contribution is 9.10. The highest BCUT2D eigenvalue weighted by atomic mass is 79.9. The largest absolute Gasteiger partial charge is 0.497 e. The van der Waals surface area contributed by atoms with Crippen molar-refractivity contribution in [2.75, 3.05) is 20.3 Å². The molecule has 0 fully saturated rings. The van der Waals surface area contributed by atoms with Gasteiger partial charge in [-0.2, -0.15) is 22.0 Å². The van der Waals surface area contributed by atoms with Gasteiger partial charge in [0.2, 0.25) is 0 Å². The van der Waals surface area contributed by atoms with Gasteiger partial charge in [0.25, 0.3) is 5.91 Å². The van der Waals surface area contributed by atoms with Gasteiger partial charge < -0.3 is 19.1 Å². The molecule has 0 bridgehead atoms. The Labute approximate surface area is 283 Å². The van der Waals surface area contributed by atoms with E-state index < -0.39 is 36.8 Å². The third kappa shape index (κ3) is 7.84. The summed E-state index contributed by atoms with van der Waals surface area (Å²) in [6, 6.07) is 14.1. The normalized spacial score (nSPS) is 13.0. The molecule has 1 aromatic heterocycles. The van der Waals surface area contributed by atoms with Gasteiger partial charge in [0.05, 0.1) is 30.1 Å². The highest BCUT2D eigenvalue weighted by Gasteiger charge is 2.32. The minimum atomic E-state index is -4.56. The molecule has 0 atom stereocenters. The SMILES string of the molecule is COc1ccc(CCC(=O)c2c3n(c(=O)n2-c2ccc(OCC(F)(F)F)cc2)CCN(C(=O)c2ccc(Br)c(Cl)c2)C3)c(OC(F)F)c1. The van der Waals surface area contributed by atoms with E-state index in [4.69, 9.17) is 21.1 Å². The van der Waals surface area contributed by atoms with Crippen LogP contribution in [0, 0.1) is 0 Å². The molecule has 254 valence electrons. The first-order valence-electron chi connectivity index (χ1n) is 14.3. The standard InChI is InChI=1S/C32H26BrClF5N3O6/c1-46-22-7-2-18(27(15-22)48-30(35)36)4-11-26(43)28-25-16-40(29(44)19-3-10-23(33)24(34)14-19)12-13-41(25)31(45)42(28)20-5-8-21(9-6-20)47-17-32(37,38)39/h2-3,5-10,14-15,30H,4,11-13,16-17H2,1H3. The van der Waals surface area contributed by atoms with Gasteiger partial charge in [-0.15, -0.1) is 0 Å². The van der Waals surface area contributed by atoms with Crippen LogP contribution in [0.15, 0.2) is 69.9 Å². The zero-order valence-electron chi connectivity index (χ0n) is 25.0. The zero-order valence-corrected chi connectivity index (χ0v) is 27.4. The molecule has 4 aromatic rings. The fourth-order valence-corrected chi connectivity index (χ4v) is 5.69. The molecule has 1 amide bonds. The predicted molar refractivity (Wildman–Crippen MR) is 168 cm³/mol. The Hall–Kier alpha value is -4.37. The quantitative estimate of drug-likeness (QED) is 0.120. The molecule has 2 heterocycles. The van der Waals surface area contributed by atoms with Gasteiger partial charge in [-0.3, -0.25) is 18.7 Å². The summed E-state index contributed by atoms with van der Waals surface area (Å²) in [6.45, 7) is -4.63. The number of hydrogen-bond acceptors (Lipinski definition) is 6. The van der Waals surface area contributed by atoms with E-state index in [2.05, 4.69) is 20.7 Å². The Balaban J connectivity index is 1.51. The van der Waals surface area contributed by atoms with Gasteiger partial charge in [0, 0.05) is 35.6 Å². The van der Waals surface area contributed by atoms with Gasteiger partial charge in [-0.25, -0.2) is 4.79 Å². The molecule has 1 aliphatic heterocycles. The van der Waals surface area contributed by atoms with E-state index in [1.165, 1.54) is 65.1 Å². The molecule has 0 saturated carbocycles. The van der Waals surface area contributed by atoms with Crippen LogP contribution in [0.25, 0.3) is 5.69 Å². The molecule has 0 unspecified atom stereocenters. The number of hydrogen-bond donors (Lipinski definition) is 0. The molecule has 0 spiro atoms. The van der Waals surface area contributed by atoms with Crippen molar-refractivity contribution in [1.29, 1.82) is 0 Å². The number of Topliss-reactive ketones (excluding diaryl/α,β-unsaturated/α-hetero) is 1. The fourth-order valence-electron chi connectivity index (χ4n) is 5.27. The minimum absolute atomic E-state index is 0.0368. The maximum atomic E-state index is 14.0. The Morgan fingerprint density at radius 1 is 1.00 bits per heavy atom. The number of aromatic nitrogens is 2. The van der Waals surface area contributed by atoms with Gasteiger partial charge in [-0.05, 0) is 76.4 Å². The first kappa shape index (κ1) is 35.0. The summed E-state index contributed by atoms with van der Waals surface area (Å²) < 4.78 is 81.9. The van der Waals surface area contributed by atoms with Crippen LogP contribution >= 0.6 is 27.5 Å². The van der Waals surface area contributed by atoms with Crippen LogP contribution in [-0.4, -0.2) is 58.8 Å². The van der Waals surface area contributed by atoms with Crippen molar-refractivity contribution in [2.45, 2.75) is 38.7 Å². The Bertz CT molecular complexity index is 1890. The van der Waals surface area contributed by atoms with Gasteiger partial charge >= 0.3 is 18.5 Å². The van der Waals surface area contributed by atoms with Crippen LogP contribution in [-0.2, 0) is 19.5 Å². The van der Waals surface area contributed by atoms with Gasteiger partial charge in [0.1, 0.15) is 22.9 Å². The van der Waals surface area contributed by atoms with E-state index in [0.29, 0.717) is 9.50 Å². The predicted octanol–water partition coefficient (Wildman–Crippen LogP) is 7.08. The van der Waals surface area contributed by atoms with Gasteiger partial charge in [0.15, 0.2) is 12.4 Å². The molecule has 9 nitrogen and oxygen atoms in total. The smallest absolute Gasteiger partial charge is 0.422 e. The topological polar surface area (TPSA) is 92.0 Å². The second-order valence-electron chi connectivity index (χ2n) is 10.6. The summed E-state index contributed by atoms with van der Waals surface area (Å²) in [7, 11) is 1.36. The number of ether oxygens (including phenoxy) is 3. The molecule has 1 aliphatic rings. The molecule has 0 aliphatic carbocycles. The summed E-state index contributed by atoms with van der Waals surface area (Å²) in [5.41, 5.74) is 0.271. The lowest BCUT2D eigenvalue weighted by Gasteiger charge is -2.28. The average molecular weight is 759 g/mol. The molecular weight excluding hydrogens is 733 g/mol. The monoisotopic (exact) mass is 757 g/mol. The van der Waals surface area contributed by atoms with E-state index in [-0.39, 0.29) is 77.9 Å². The van der Waals surface area contributed by atoms with Crippen LogP contribution in [0.3, 0.4) is 0 Å². The number of rotatable bonds is 11. The molecule has 48 heavy (non-hydrogen) atoms. The molecule has 0 saturated heterocycles. The molecule has 3 aromatic carbocycles. The van der Waals surface area contributed by atoms with E-state index in [1.54, 1.807) is 12.1 Å². The number of aryl methyl sites for hydroxylation is 1. The number of ketones is 1. The van der Waals surface area contributed by atoms with E-state index >= 15 is 0 Å². The lowest BCUT2D eigenvalue weighted by molar-refractivity contribution is -0.153. The fraction of sp³-hybridized carbons (Fsp3) is 0.281. The van der Waals surface area contributed by atoms with Gasteiger partial charge in [-0.1, -0.05) is 17.7 Å². The number of benzene rings is 3. The second kappa shape index (κ2) is 14.4. The summed E-state index contributed by atoms with van der Waals surface area (Å²) in [5, 5.41) is 0.313. The molecule has 16 heteroatoms. The van der Waals surface area contributed by atoms with E-state index in [0.717, 1.165) is 4.57 Å². The lowest BCUT2D eigenvalue weighted by atomic mass is 10.0. The summed E-state index contributed by atoms with van der Waals surface area (Å²) in [5.74, 6) is -0.995. The molecule has 0 radical (unpaired) electrons. The average Bonchev–Trinajstić information content (AvgIpc) is 3.34. The van der Waals surface area contributed by atoms with Crippen LogP contribution < -0.4 is 19.9 Å². The summed E-state index contributed by atoms with van der Waals surface area (Å²) in [6.07, 6.45) is -4.88. The van der Waals surface area contributed by atoms with Crippen molar-refractivity contribution in [3.8, 4) is 22.9 Å². The number of alkyl halides is 5. The van der Waals surface area contributed by atoms with Crippen molar-refractivity contribution in [3.63, 3.8) is 0 Å².